The summed E-state index contributed by atoms with van der Waals surface area (Å²) in [6, 6.07) is 8.74. The summed E-state index contributed by atoms with van der Waals surface area (Å²) < 4.78 is 15.3. The predicted octanol–water partition coefficient (Wildman–Crippen LogP) is 2.00. The number of guanidine groups is 1. The van der Waals surface area contributed by atoms with Gasteiger partial charge >= 0.3 is 5.97 Å². The number of ether oxygens (including phenoxy) is 2. The third-order valence-corrected chi connectivity index (χ3v) is 5.01. The summed E-state index contributed by atoms with van der Waals surface area (Å²) in [5.74, 6) is 1.04. The molecular weight excluding hydrogens is 400 g/mol. The Morgan fingerprint density at radius 3 is 2.48 bits per heavy atom. The van der Waals surface area contributed by atoms with Crippen molar-refractivity contribution in [1.82, 2.24) is 15.1 Å². The lowest BCUT2D eigenvalue weighted by atomic mass is 10.1. The topological polar surface area (TPSA) is 96.6 Å². The number of nitrogens with one attached hydrogen (secondary N) is 1. The number of nitrogens with zero attached hydrogens (tertiary/aromatic N) is 3. The number of benzene rings is 1. The summed E-state index contributed by atoms with van der Waals surface area (Å²) in [4.78, 5) is 33.1. The van der Waals surface area contributed by atoms with Crippen LogP contribution in [0.5, 0.6) is 5.75 Å². The van der Waals surface area contributed by atoms with Gasteiger partial charge in [0.2, 0.25) is 0 Å². The molecule has 0 unspecified atom stereocenters. The lowest BCUT2D eigenvalue weighted by molar-refractivity contribution is 0.0596. The summed E-state index contributed by atoms with van der Waals surface area (Å²) >= 11 is 0. The first kappa shape index (κ1) is 22.2. The minimum atomic E-state index is -0.452. The van der Waals surface area contributed by atoms with E-state index in [4.69, 9.17) is 18.9 Å². The molecule has 0 saturated carbocycles. The van der Waals surface area contributed by atoms with Crippen LogP contribution in [0.4, 0.5) is 0 Å². The SMILES string of the molecule is CCNC(=NCc1ccc(OC)c(C(=O)OC)c1)N1CCN(C(=O)c2ccco2)CC1. The number of rotatable bonds is 6. The lowest BCUT2D eigenvalue weighted by Crippen LogP contribution is -2.53. The van der Waals surface area contributed by atoms with Crippen molar-refractivity contribution in [2.75, 3.05) is 46.9 Å². The molecule has 9 heteroatoms. The van der Waals surface area contributed by atoms with Crippen LogP contribution in [0.3, 0.4) is 0 Å². The van der Waals surface area contributed by atoms with E-state index >= 15 is 0 Å². The average Bonchev–Trinajstić information content (AvgIpc) is 3.35. The normalized spacial score (nSPS) is 14.4. The number of hydrogen-bond acceptors (Lipinski definition) is 6. The van der Waals surface area contributed by atoms with E-state index in [1.807, 2.05) is 13.0 Å². The Kier molecular flexibility index (Phi) is 7.53. The molecule has 1 amide bonds. The van der Waals surface area contributed by atoms with E-state index in [9.17, 15) is 9.59 Å². The first-order valence-electron chi connectivity index (χ1n) is 10.2. The highest BCUT2D eigenvalue weighted by atomic mass is 16.5. The van der Waals surface area contributed by atoms with E-state index in [1.54, 1.807) is 29.2 Å². The Balaban J connectivity index is 1.67. The smallest absolute Gasteiger partial charge is 0.341 e. The Morgan fingerprint density at radius 2 is 1.87 bits per heavy atom. The standard InChI is InChI=1S/C22H28N4O5/c1-4-23-22(24-15-16-7-8-18(29-2)17(14-16)21(28)30-3)26-11-9-25(10-12-26)20(27)19-6-5-13-31-19/h5-8,13-14H,4,9-12,15H2,1-3H3,(H,23,24). The van der Waals surface area contributed by atoms with E-state index in [-0.39, 0.29) is 5.91 Å². The van der Waals surface area contributed by atoms with Gasteiger partial charge in [-0.2, -0.15) is 0 Å². The van der Waals surface area contributed by atoms with Gasteiger partial charge in [-0.05, 0) is 36.8 Å². The number of aliphatic imine (C=N–C) groups is 1. The van der Waals surface area contributed by atoms with Crippen molar-refractivity contribution in [3.63, 3.8) is 0 Å². The summed E-state index contributed by atoms with van der Waals surface area (Å²) in [7, 11) is 2.85. The van der Waals surface area contributed by atoms with Gasteiger partial charge < -0.3 is 29.0 Å². The quantitative estimate of drug-likeness (QED) is 0.427. The van der Waals surface area contributed by atoms with E-state index in [2.05, 4.69) is 10.2 Å². The molecule has 1 saturated heterocycles. The lowest BCUT2D eigenvalue weighted by Gasteiger charge is -2.36. The molecule has 166 valence electrons. The Hall–Kier alpha value is -3.49. The predicted molar refractivity (Wildman–Crippen MR) is 115 cm³/mol. The summed E-state index contributed by atoms with van der Waals surface area (Å²) in [6.45, 7) is 5.61. The van der Waals surface area contributed by atoms with Gasteiger partial charge in [0.05, 0.1) is 27.0 Å². The average molecular weight is 428 g/mol. The molecule has 31 heavy (non-hydrogen) atoms. The van der Waals surface area contributed by atoms with Gasteiger partial charge in [0.15, 0.2) is 11.7 Å². The molecule has 0 aliphatic carbocycles. The number of carbonyl (C=O) groups excluding carboxylic acids is 2. The van der Waals surface area contributed by atoms with Crippen molar-refractivity contribution < 1.29 is 23.5 Å². The van der Waals surface area contributed by atoms with Crippen molar-refractivity contribution in [2.45, 2.75) is 13.5 Å². The second-order valence-electron chi connectivity index (χ2n) is 6.95. The zero-order chi connectivity index (χ0) is 22.2. The molecule has 0 atom stereocenters. The van der Waals surface area contributed by atoms with Crippen molar-refractivity contribution >= 4 is 17.8 Å². The van der Waals surface area contributed by atoms with Crippen LogP contribution in [0, 0.1) is 0 Å². The molecule has 0 bridgehead atoms. The van der Waals surface area contributed by atoms with E-state index in [0.29, 0.717) is 49.8 Å². The third-order valence-electron chi connectivity index (χ3n) is 5.01. The fourth-order valence-corrected chi connectivity index (χ4v) is 3.39. The fourth-order valence-electron chi connectivity index (χ4n) is 3.39. The monoisotopic (exact) mass is 428 g/mol. The molecule has 1 aliphatic rings. The fraction of sp³-hybridized carbons (Fsp3) is 0.409. The molecule has 1 N–H and O–H groups in total. The summed E-state index contributed by atoms with van der Waals surface area (Å²) in [6.07, 6.45) is 1.50. The molecule has 2 aromatic rings. The summed E-state index contributed by atoms with van der Waals surface area (Å²) in [5, 5.41) is 3.30. The maximum atomic E-state index is 12.5. The van der Waals surface area contributed by atoms with Gasteiger partial charge in [0.25, 0.3) is 5.91 Å². The second kappa shape index (κ2) is 10.5. The van der Waals surface area contributed by atoms with Crippen LogP contribution in [0.1, 0.15) is 33.4 Å². The Bertz CT molecular complexity index is 918. The summed E-state index contributed by atoms with van der Waals surface area (Å²) in [5.41, 5.74) is 1.23. The molecule has 0 radical (unpaired) electrons. The number of esters is 1. The highest BCUT2D eigenvalue weighted by Crippen LogP contribution is 2.21. The maximum absolute atomic E-state index is 12.5. The number of carbonyl (C=O) groups is 2. The first-order chi connectivity index (χ1) is 15.1. The second-order valence-corrected chi connectivity index (χ2v) is 6.95. The van der Waals surface area contributed by atoms with E-state index in [0.717, 1.165) is 18.1 Å². The molecule has 1 fully saturated rings. The van der Waals surface area contributed by atoms with E-state index < -0.39 is 5.97 Å². The minimum Gasteiger partial charge on any atom is -0.496 e. The highest BCUT2D eigenvalue weighted by molar-refractivity contribution is 5.93. The van der Waals surface area contributed by atoms with Gasteiger partial charge in [-0.15, -0.1) is 0 Å². The van der Waals surface area contributed by atoms with Crippen LogP contribution < -0.4 is 10.1 Å². The largest absolute Gasteiger partial charge is 0.496 e. The molecule has 1 aliphatic heterocycles. The van der Waals surface area contributed by atoms with Crippen molar-refractivity contribution in [1.29, 1.82) is 0 Å². The Labute approximate surface area is 181 Å². The molecule has 9 nitrogen and oxygen atoms in total. The van der Waals surface area contributed by atoms with Gasteiger partial charge in [0, 0.05) is 32.7 Å². The van der Waals surface area contributed by atoms with Gasteiger partial charge in [-0.1, -0.05) is 6.07 Å². The highest BCUT2D eigenvalue weighted by Gasteiger charge is 2.25. The zero-order valence-corrected chi connectivity index (χ0v) is 18.1. The maximum Gasteiger partial charge on any atom is 0.341 e. The van der Waals surface area contributed by atoms with Gasteiger partial charge in [-0.3, -0.25) is 4.79 Å². The van der Waals surface area contributed by atoms with Crippen LogP contribution in [-0.2, 0) is 11.3 Å². The van der Waals surface area contributed by atoms with Crippen LogP contribution in [-0.4, -0.2) is 74.6 Å². The van der Waals surface area contributed by atoms with E-state index in [1.165, 1.54) is 20.5 Å². The zero-order valence-electron chi connectivity index (χ0n) is 18.1. The van der Waals surface area contributed by atoms with Crippen molar-refractivity contribution in [3.8, 4) is 5.75 Å². The first-order valence-corrected chi connectivity index (χ1v) is 10.2. The number of piperazine rings is 1. The molecule has 1 aromatic carbocycles. The number of methoxy groups -OCH3 is 2. The third kappa shape index (κ3) is 5.36. The van der Waals surface area contributed by atoms with Crippen LogP contribution >= 0.6 is 0 Å². The van der Waals surface area contributed by atoms with Crippen molar-refractivity contribution in [2.24, 2.45) is 4.99 Å². The number of furan rings is 1. The minimum absolute atomic E-state index is 0.0971. The number of hydrogen-bond donors (Lipinski definition) is 1. The molecule has 1 aromatic heterocycles. The van der Waals surface area contributed by atoms with Crippen LogP contribution in [0.15, 0.2) is 46.0 Å². The van der Waals surface area contributed by atoms with Crippen LogP contribution in [0.2, 0.25) is 0 Å². The molecular formula is C22H28N4O5. The number of amides is 1. The van der Waals surface area contributed by atoms with Crippen molar-refractivity contribution in [3.05, 3.63) is 53.5 Å². The molecule has 0 spiro atoms. The van der Waals surface area contributed by atoms with Gasteiger partial charge in [-0.25, -0.2) is 9.79 Å². The molecule has 3 rings (SSSR count). The molecule has 2 heterocycles. The van der Waals surface area contributed by atoms with Gasteiger partial charge in [0.1, 0.15) is 11.3 Å². The Morgan fingerprint density at radius 1 is 1.13 bits per heavy atom. The van der Waals surface area contributed by atoms with Crippen LogP contribution in [0.25, 0.3) is 0 Å².